The van der Waals surface area contributed by atoms with Crippen molar-refractivity contribution in [3.8, 4) is 5.75 Å². The number of methoxy groups -OCH3 is 2. The number of ether oxygens (including phenoxy) is 2. The van der Waals surface area contributed by atoms with E-state index in [2.05, 4.69) is 5.32 Å². The van der Waals surface area contributed by atoms with E-state index >= 15 is 0 Å². The van der Waals surface area contributed by atoms with Crippen LogP contribution in [0.5, 0.6) is 5.75 Å². The average molecular weight is 382 g/mol. The number of nitrogens with zero attached hydrogens (tertiary/aromatic N) is 1. The molecule has 0 spiro atoms. The van der Waals surface area contributed by atoms with Gasteiger partial charge in [-0.25, -0.2) is 4.79 Å². The molecule has 0 saturated heterocycles. The molecule has 6 heteroatoms. The molecule has 28 heavy (non-hydrogen) atoms. The molecule has 6 nitrogen and oxygen atoms in total. The van der Waals surface area contributed by atoms with Gasteiger partial charge in [0.05, 0.1) is 20.1 Å². The van der Waals surface area contributed by atoms with Crippen molar-refractivity contribution in [3.05, 3.63) is 59.7 Å². The van der Waals surface area contributed by atoms with E-state index in [1.165, 1.54) is 7.11 Å². The lowest BCUT2D eigenvalue weighted by molar-refractivity contribution is -0.142. The van der Waals surface area contributed by atoms with Gasteiger partial charge in [-0.3, -0.25) is 9.69 Å². The molecular weight excluding hydrogens is 356 g/mol. The molecule has 2 unspecified atom stereocenters. The first-order valence-corrected chi connectivity index (χ1v) is 9.42. The molecule has 0 aliphatic carbocycles. The molecule has 1 aliphatic rings. The Bertz CT molecular complexity index is 835. The van der Waals surface area contributed by atoms with Crippen molar-refractivity contribution in [1.82, 2.24) is 5.32 Å². The molecule has 0 bridgehead atoms. The van der Waals surface area contributed by atoms with Crippen molar-refractivity contribution in [2.24, 2.45) is 0 Å². The lowest BCUT2D eigenvalue weighted by Crippen LogP contribution is -2.49. The fraction of sp³-hybridized carbons (Fsp3) is 0.364. The Morgan fingerprint density at radius 1 is 1.11 bits per heavy atom. The summed E-state index contributed by atoms with van der Waals surface area (Å²) in [6, 6.07) is 15.1. The number of urea groups is 1. The van der Waals surface area contributed by atoms with E-state index in [0.717, 1.165) is 29.0 Å². The van der Waals surface area contributed by atoms with Gasteiger partial charge in [-0.15, -0.1) is 0 Å². The standard InChI is InChI=1S/C22H26N2O4/c1-15-14-19(21(25)28-3)18-6-4-5-7-20(18)24(15)22(26)23-13-12-16-8-10-17(27-2)11-9-16/h4-11,15,19H,12-14H2,1-3H3,(H,23,26). The first kappa shape index (κ1) is 19.7. The van der Waals surface area contributed by atoms with Crippen LogP contribution in [-0.4, -0.2) is 38.8 Å². The third kappa shape index (κ3) is 4.11. The minimum atomic E-state index is -0.348. The zero-order valence-electron chi connectivity index (χ0n) is 16.5. The number of amides is 2. The number of nitrogens with one attached hydrogen (secondary N) is 1. The van der Waals surface area contributed by atoms with Crippen LogP contribution >= 0.6 is 0 Å². The van der Waals surface area contributed by atoms with Crippen molar-refractivity contribution in [2.45, 2.75) is 31.7 Å². The van der Waals surface area contributed by atoms with Crippen molar-refractivity contribution < 1.29 is 19.1 Å². The molecule has 2 atom stereocenters. The predicted octanol–water partition coefficient (Wildman–Crippen LogP) is 3.50. The zero-order valence-corrected chi connectivity index (χ0v) is 16.5. The van der Waals surface area contributed by atoms with E-state index in [-0.39, 0.29) is 24.0 Å². The van der Waals surface area contributed by atoms with Gasteiger partial charge in [0.15, 0.2) is 0 Å². The van der Waals surface area contributed by atoms with Gasteiger partial charge in [0.2, 0.25) is 0 Å². The first-order valence-electron chi connectivity index (χ1n) is 9.42. The number of esters is 1. The maximum Gasteiger partial charge on any atom is 0.322 e. The first-order chi connectivity index (χ1) is 13.5. The molecule has 1 heterocycles. The van der Waals surface area contributed by atoms with Gasteiger partial charge >= 0.3 is 12.0 Å². The fourth-order valence-corrected chi connectivity index (χ4v) is 3.68. The van der Waals surface area contributed by atoms with Crippen LogP contribution in [-0.2, 0) is 16.0 Å². The van der Waals surface area contributed by atoms with Crippen LogP contribution in [0, 0.1) is 0 Å². The van der Waals surface area contributed by atoms with Gasteiger partial charge in [-0.05, 0) is 49.1 Å². The maximum absolute atomic E-state index is 12.9. The molecule has 0 fully saturated rings. The second-order valence-corrected chi connectivity index (χ2v) is 6.92. The fourth-order valence-electron chi connectivity index (χ4n) is 3.68. The second kappa shape index (κ2) is 8.78. The summed E-state index contributed by atoms with van der Waals surface area (Å²) < 4.78 is 10.1. The molecule has 2 aromatic rings. The van der Waals surface area contributed by atoms with Gasteiger partial charge in [-0.1, -0.05) is 30.3 Å². The Balaban J connectivity index is 1.69. The molecule has 3 rings (SSSR count). The quantitative estimate of drug-likeness (QED) is 0.804. The van der Waals surface area contributed by atoms with Crippen LogP contribution in [0.15, 0.2) is 48.5 Å². The topological polar surface area (TPSA) is 67.9 Å². The lowest BCUT2D eigenvalue weighted by atomic mass is 9.86. The summed E-state index contributed by atoms with van der Waals surface area (Å²) in [6.45, 7) is 2.48. The highest BCUT2D eigenvalue weighted by molar-refractivity contribution is 5.96. The molecule has 1 N–H and O–H groups in total. The highest BCUT2D eigenvalue weighted by Crippen LogP contribution is 2.38. The number of benzene rings is 2. The van der Waals surface area contributed by atoms with E-state index in [4.69, 9.17) is 9.47 Å². The van der Waals surface area contributed by atoms with E-state index in [1.807, 2.05) is 55.5 Å². The summed E-state index contributed by atoms with van der Waals surface area (Å²) in [7, 11) is 3.03. The van der Waals surface area contributed by atoms with Gasteiger partial charge < -0.3 is 14.8 Å². The normalized spacial score (nSPS) is 18.2. The van der Waals surface area contributed by atoms with Crippen LogP contribution in [0.4, 0.5) is 10.5 Å². The van der Waals surface area contributed by atoms with Crippen LogP contribution in [0.25, 0.3) is 0 Å². The van der Waals surface area contributed by atoms with Crippen LogP contribution in [0.2, 0.25) is 0 Å². The largest absolute Gasteiger partial charge is 0.497 e. The number of hydrogen-bond acceptors (Lipinski definition) is 4. The Kier molecular flexibility index (Phi) is 6.19. The highest BCUT2D eigenvalue weighted by Gasteiger charge is 2.37. The number of carbonyl (C=O) groups excluding carboxylic acids is 2. The van der Waals surface area contributed by atoms with Crippen LogP contribution in [0.1, 0.15) is 30.4 Å². The third-order valence-corrected chi connectivity index (χ3v) is 5.14. The van der Waals surface area contributed by atoms with E-state index in [9.17, 15) is 9.59 Å². The summed E-state index contributed by atoms with van der Waals surface area (Å²) in [5.74, 6) is 0.199. The Morgan fingerprint density at radius 2 is 1.82 bits per heavy atom. The molecule has 2 aromatic carbocycles. The van der Waals surface area contributed by atoms with E-state index in [1.54, 1.807) is 12.0 Å². The molecular formula is C22H26N2O4. The summed E-state index contributed by atoms with van der Waals surface area (Å²) in [4.78, 5) is 26.8. The second-order valence-electron chi connectivity index (χ2n) is 6.92. The van der Waals surface area contributed by atoms with Gasteiger partial charge in [0.25, 0.3) is 0 Å². The van der Waals surface area contributed by atoms with Gasteiger partial charge in [0.1, 0.15) is 5.75 Å². The molecule has 0 radical (unpaired) electrons. The summed E-state index contributed by atoms with van der Waals surface area (Å²) in [6.07, 6.45) is 1.26. The Hall–Kier alpha value is -3.02. The van der Waals surface area contributed by atoms with Crippen LogP contribution in [0.3, 0.4) is 0 Å². The van der Waals surface area contributed by atoms with E-state index < -0.39 is 0 Å². The lowest BCUT2D eigenvalue weighted by Gasteiger charge is -2.38. The average Bonchev–Trinajstić information content (AvgIpc) is 2.73. The number of para-hydroxylation sites is 1. The molecule has 2 amide bonds. The van der Waals surface area contributed by atoms with Gasteiger partial charge in [0, 0.05) is 18.3 Å². The van der Waals surface area contributed by atoms with Crippen molar-refractivity contribution >= 4 is 17.7 Å². The smallest absolute Gasteiger partial charge is 0.322 e. The van der Waals surface area contributed by atoms with Crippen molar-refractivity contribution in [3.63, 3.8) is 0 Å². The minimum Gasteiger partial charge on any atom is -0.497 e. The zero-order chi connectivity index (χ0) is 20.1. The molecule has 0 saturated carbocycles. The number of carbonyl (C=O) groups is 2. The maximum atomic E-state index is 12.9. The summed E-state index contributed by atoms with van der Waals surface area (Å²) in [5.41, 5.74) is 2.72. The van der Waals surface area contributed by atoms with Crippen molar-refractivity contribution in [1.29, 1.82) is 0 Å². The molecule has 148 valence electrons. The highest BCUT2D eigenvalue weighted by atomic mass is 16.5. The Morgan fingerprint density at radius 3 is 2.50 bits per heavy atom. The summed E-state index contributed by atoms with van der Waals surface area (Å²) in [5, 5.41) is 3.00. The monoisotopic (exact) mass is 382 g/mol. The number of hydrogen-bond donors (Lipinski definition) is 1. The summed E-state index contributed by atoms with van der Waals surface area (Å²) >= 11 is 0. The van der Waals surface area contributed by atoms with Gasteiger partial charge in [-0.2, -0.15) is 0 Å². The predicted molar refractivity (Wildman–Crippen MR) is 108 cm³/mol. The minimum absolute atomic E-state index is 0.111. The molecule has 1 aliphatic heterocycles. The number of rotatable bonds is 5. The number of fused-ring (bicyclic) bond motifs is 1. The SMILES string of the molecule is COC(=O)C1CC(C)N(C(=O)NCCc2ccc(OC)cc2)c2ccccc21. The van der Waals surface area contributed by atoms with Crippen molar-refractivity contribution in [2.75, 3.05) is 25.7 Å². The molecule has 0 aromatic heterocycles. The third-order valence-electron chi connectivity index (χ3n) is 5.14. The Labute approximate surface area is 165 Å². The van der Waals surface area contributed by atoms with E-state index in [0.29, 0.717) is 13.0 Å². The van der Waals surface area contributed by atoms with Crippen LogP contribution < -0.4 is 15.0 Å². The number of anilines is 1.